The van der Waals surface area contributed by atoms with E-state index in [4.69, 9.17) is 30.1 Å². The Kier molecular flexibility index (Phi) is 9.23. The van der Waals surface area contributed by atoms with Gasteiger partial charge in [-0.2, -0.15) is 10.2 Å². The van der Waals surface area contributed by atoms with Gasteiger partial charge in [-0.3, -0.25) is 29.9 Å². The first-order valence-electron chi connectivity index (χ1n) is 22.2. The molecule has 13 rings (SSSR count). The highest BCUT2D eigenvalue weighted by Crippen LogP contribution is 2.53. The molecule has 15 nitrogen and oxygen atoms in total. The van der Waals surface area contributed by atoms with E-state index in [2.05, 4.69) is 88.5 Å². The molecule has 0 aliphatic heterocycles. The Balaban J connectivity index is 0.952. The molecule has 2 aliphatic carbocycles. The van der Waals surface area contributed by atoms with Crippen LogP contribution in [0, 0.1) is 12.8 Å². The number of pyridine rings is 5. The van der Waals surface area contributed by atoms with Gasteiger partial charge in [-0.25, -0.2) is 19.9 Å². The molecular formula is C51H38N14OS2. The topological polar surface area (TPSA) is 208 Å². The van der Waals surface area contributed by atoms with Crippen LogP contribution in [0.15, 0.2) is 114 Å². The van der Waals surface area contributed by atoms with Gasteiger partial charge in [0, 0.05) is 85.5 Å². The van der Waals surface area contributed by atoms with Crippen molar-refractivity contribution < 1.29 is 4.79 Å². The summed E-state index contributed by atoms with van der Waals surface area (Å²) in [5.74, 6) is 1.61. The van der Waals surface area contributed by atoms with E-state index in [1.54, 1.807) is 47.5 Å². The molecule has 11 heterocycles. The van der Waals surface area contributed by atoms with Gasteiger partial charge in [0.05, 0.1) is 57.6 Å². The van der Waals surface area contributed by atoms with E-state index in [1.807, 2.05) is 56.6 Å². The van der Waals surface area contributed by atoms with Crippen molar-refractivity contribution in [2.24, 2.45) is 5.92 Å². The summed E-state index contributed by atoms with van der Waals surface area (Å²) in [6, 6.07) is 16.2. The number of amides is 1. The van der Waals surface area contributed by atoms with Crippen LogP contribution in [-0.2, 0) is 4.79 Å². The van der Waals surface area contributed by atoms with E-state index < -0.39 is 0 Å². The monoisotopic (exact) mass is 926 g/mol. The Morgan fingerprint density at radius 1 is 0.779 bits per heavy atom. The number of carbonyl (C=O) groups excluding carboxylic acids is 1. The zero-order chi connectivity index (χ0) is 45.6. The second-order valence-corrected chi connectivity index (χ2v) is 19.4. The zero-order valence-corrected chi connectivity index (χ0v) is 38.3. The van der Waals surface area contributed by atoms with Crippen molar-refractivity contribution >= 4 is 72.8 Å². The molecule has 0 aromatic carbocycles. The number of thiophene rings is 2. The number of hydrogen-bond donors (Lipinski definition) is 5. The van der Waals surface area contributed by atoms with Crippen LogP contribution in [-0.4, -0.2) is 71.2 Å². The van der Waals surface area contributed by atoms with Gasteiger partial charge in [0.2, 0.25) is 5.91 Å². The summed E-state index contributed by atoms with van der Waals surface area (Å²) in [7, 11) is 0. The Hall–Kier alpha value is -8.28. The molecule has 2 aliphatic rings. The first-order chi connectivity index (χ1) is 33.3. The number of carbonyl (C=O) groups is 1. The molecule has 330 valence electrons. The van der Waals surface area contributed by atoms with Crippen LogP contribution >= 0.6 is 22.7 Å². The molecule has 0 radical (unpaired) electrons. The smallest absolute Gasteiger partial charge is 0.224 e. The zero-order valence-electron chi connectivity index (χ0n) is 36.7. The average molecular weight is 927 g/mol. The van der Waals surface area contributed by atoms with Crippen molar-refractivity contribution in [2.45, 2.75) is 39.5 Å². The molecule has 17 heteroatoms. The van der Waals surface area contributed by atoms with E-state index in [0.29, 0.717) is 46.5 Å². The van der Waals surface area contributed by atoms with Crippen molar-refractivity contribution in [2.75, 3.05) is 5.32 Å². The number of aryl methyl sites for hydroxylation is 1. The summed E-state index contributed by atoms with van der Waals surface area (Å²) < 4.78 is 0. The third kappa shape index (κ3) is 6.76. The Morgan fingerprint density at radius 2 is 1.66 bits per heavy atom. The normalized spacial score (nSPS) is 14.3. The van der Waals surface area contributed by atoms with Crippen LogP contribution in [0.25, 0.3) is 106 Å². The highest BCUT2D eigenvalue weighted by atomic mass is 32.1. The van der Waals surface area contributed by atoms with Gasteiger partial charge in [-0.1, -0.05) is 37.6 Å². The summed E-state index contributed by atoms with van der Waals surface area (Å²) in [4.78, 5) is 56.4. The van der Waals surface area contributed by atoms with Gasteiger partial charge >= 0.3 is 0 Å². The first kappa shape index (κ1) is 40.0. The molecule has 68 heavy (non-hydrogen) atoms. The molecule has 0 bridgehead atoms. The van der Waals surface area contributed by atoms with Gasteiger partial charge in [-0.05, 0) is 78.1 Å². The lowest BCUT2D eigenvalue weighted by atomic mass is 10.00. The molecule has 11 aromatic rings. The molecule has 1 atom stereocenters. The first-order valence-corrected chi connectivity index (χ1v) is 24.0. The molecule has 5 N–H and O–H groups in total. The number of hydrogen-bond acceptors (Lipinski definition) is 12. The number of nitrogens with one attached hydrogen (secondary N) is 5. The summed E-state index contributed by atoms with van der Waals surface area (Å²) in [6.07, 6.45) is 16.5. The Morgan fingerprint density at radius 3 is 2.54 bits per heavy atom. The fraction of sp³-hybridized carbons (Fsp3) is 0.137. The number of aromatic amines is 4. The van der Waals surface area contributed by atoms with Crippen molar-refractivity contribution in [3.8, 4) is 67.2 Å². The fourth-order valence-corrected chi connectivity index (χ4v) is 10.8. The minimum atomic E-state index is -0.0734. The number of anilines is 1. The average Bonchev–Trinajstić information content (AvgIpc) is 4.09. The summed E-state index contributed by atoms with van der Waals surface area (Å²) in [5.41, 5.74) is 16.0. The maximum atomic E-state index is 12.9. The number of nitrogens with zero attached hydrogens (tertiary/aromatic N) is 9. The predicted molar refractivity (Wildman–Crippen MR) is 267 cm³/mol. The second kappa shape index (κ2) is 15.7. The molecule has 11 aromatic heterocycles. The van der Waals surface area contributed by atoms with Gasteiger partial charge in [0.25, 0.3) is 0 Å². The molecule has 0 spiro atoms. The van der Waals surface area contributed by atoms with E-state index in [9.17, 15) is 4.79 Å². The lowest BCUT2D eigenvalue weighted by Gasteiger charge is -2.12. The van der Waals surface area contributed by atoms with Crippen LogP contribution in [0.5, 0.6) is 0 Å². The third-order valence-corrected chi connectivity index (χ3v) is 14.4. The molecule has 1 saturated carbocycles. The third-order valence-electron chi connectivity index (χ3n) is 12.5. The summed E-state index contributed by atoms with van der Waals surface area (Å²) >= 11 is 3.29. The van der Waals surface area contributed by atoms with Gasteiger partial charge in [0.1, 0.15) is 16.9 Å². The highest BCUT2D eigenvalue weighted by Gasteiger charge is 2.39. The molecule has 1 unspecified atom stereocenters. The number of allylic oxidation sites excluding steroid dienone is 3. The van der Waals surface area contributed by atoms with E-state index in [-0.39, 0.29) is 17.7 Å². The number of fused-ring (bicyclic) bond motifs is 6. The summed E-state index contributed by atoms with van der Waals surface area (Å²) in [5, 5.41) is 25.2. The lowest BCUT2D eigenvalue weighted by molar-refractivity contribution is -0.116. The van der Waals surface area contributed by atoms with Crippen molar-refractivity contribution in [3.05, 3.63) is 136 Å². The Labute approximate surface area is 395 Å². The largest absolute Gasteiger partial charge is 0.339 e. The van der Waals surface area contributed by atoms with Crippen LogP contribution < -0.4 is 5.32 Å². The van der Waals surface area contributed by atoms with Crippen LogP contribution in [0.4, 0.5) is 5.69 Å². The van der Waals surface area contributed by atoms with Crippen LogP contribution in [0.1, 0.15) is 54.4 Å². The van der Waals surface area contributed by atoms with Crippen molar-refractivity contribution in [1.82, 2.24) is 65.3 Å². The molecule has 1 fully saturated rings. The predicted octanol–water partition coefficient (Wildman–Crippen LogP) is 11.3. The Bertz CT molecular complexity index is 3880. The number of H-pyrrole nitrogens is 4. The molecule has 0 saturated heterocycles. The van der Waals surface area contributed by atoms with Gasteiger partial charge < -0.3 is 15.3 Å². The highest BCUT2D eigenvalue weighted by molar-refractivity contribution is 7.13. The minimum Gasteiger partial charge on any atom is -0.339 e. The SMILES string of the molecule is Cc1ccncc1-c1cc2c(-c3nc4c([nH]3)C3CC3=CC=C4c3sccc3-c3nc(-c4cncc(NC(=O)CC(C)C)c4)cc4c(-c5nc6c(-c7cccs7)ccnc6[nH]5)n[nH]c34)n[nH]c2cn1. The second-order valence-electron chi connectivity index (χ2n) is 17.5. The van der Waals surface area contributed by atoms with Crippen LogP contribution in [0.2, 0.25) is 0 Å². The van der Waals surface area contributed by atoms with Gasteiger partial charge in [-0.15, -0.1) is 22.7 Å². The van der Waals surface area contributed by atoms with E-state index >= 15 is 0 Å². The number of imidazole rings is 2. The quantitative estimate of drug-likeness (QED) is 0.0876. The number of rotatable bonds is 10. The minimum absolute atomic E-state index is 0.0734. The summed E-state index contributed by atoms with van der Waals surface area (Å²) in [6.45, 7) is 6.10. The molecular weight excluding hydrogens is 889 g/mol. The van der Waals surface area contributed by atoms with E-state index in [1.165, 1.54) is 5.57 Å². The standard InChI is InChI=1S/C51H38N14OS2/c1-24(2)15-40(66)56-28-16-27(20-53-21-28)36-19-34-44(63-65-47(34)51-60-45-29(39-5-4-13-67-39)9-12-54-49(45)61-51)42(57-36)31-10-14-68-48(31)30-7-6-26-17-32(26)43-41(30)58-50(59-43)46-33-18-37(55-23-38(33)62-64-46)35-22-52-11-8-25(35)3/h4-14,16,18-24,32H,15,17H2,1-3H3,(H,56,66)(H,58,59)(H,62,64)(H,63,65)(H,54,60,61). The maximum Gasteiger partial charge on any atom is 0.224 e. The van der Waals surface area contributed by atoms with Crippen molar-refractivity contribution in [3.63, 3.8) is 0 Å². The lowest BCUT2D eigenvalue weighted by Crippen LogP contribution is -2.14. The number of aromatic nitrogens is 13. The van der Waals surface area contributed by atoms with Crippen molar-refractivity contribution in [1.29, 1.82) is 0 Å². The molecule has 1 amide bonds. The van der Waals surface area contributed by atoms with Crippen LogP contribution in [0.3, 0.4) is 0 Å². The fourth-order valence-electron chi connectivity index (χ4n) is 9.16. The van der Waals surface area contributed by atoms with Gasteiger partial charge in [0.15, 0.2) is 17.3 Å². The van der Waals surface area contributed by atoms with E-state index in [0.717, 1.165) is 99.7 Å². The maximum absolute atomic E-state index is 12.9.